The molecule has 0 saturated carbocycles. The number of rotatable bonds is 8. The van der Waals surface area contributed by atoms with E-state index in [9.17, 15) is 9.59 Å². The number of hydrogen-bond donors (Lipinski definition) is 0. The number of carbonyl (C=O) groups is 2. The van der Waals surface area contributed by atoms with E-state index in [0.29, 0.717) is 47.7 Å². The Hall–Kier alpha value is -2.58. The monoisotopic (exact) mass is 558 g/mol. The zero-order valence-corrected chi connectivity index (χ0v) is 22.6. The van der Waals surface area contributed by atoms with Gasteiger partial charge in [0.25, 0.3) is 5.91 Å². The first-order valence-electron chi connectivity index (χ1n) is 12.4. The van der Waals surface area contributed by atoms with Gasteiger partial charge < -0.3 is 19.3 Å². The highest BCUT2D eigenvalue weighted by Crippen LogP contribution is 2.34. The van der Waals surface area contributed by atoms with E-state index < -0.39 is 0 Å². The molecular formula is C28H28Cl2N2O4S. The minimum atomic E-state index is -0.246. The van der Waals surface area contributed by atoms with Crippen LogP contribution in [0.15, 0.2) is 60.0 Å². The van der Waals surface area contributed by atoms with Gasteiger partial charge in [0.1, 0.15) is 18.9 Å². The van der Waals surface area contributed by atoms with Gasteiger partial charge in [0.05, 0.1) is 12.1 Å². The highest BCUT2D eigenvalue weighted by atomic mass is 35.5. The molecule has 2 aromatic carbocycles. The lowest BCUT2D eigenvalue weighted by Gasteiger charge is -2.37. The topological polar surface area (TPSA) is 59.1 Å². The van der Waals surface area contributed by atoms with Gasteiger partial charge in [0, 0.05) is 40.2 Å². The van der Waals surface area contributed by atoms with Gasteiger partial charge in [-0.2, -0.15) is 0 Å². The van der Waals surface area contributed by atoms with E-state index in [0.717, 1.165) is 24.8 Å². The molecular weight excluding hydrogens is 531 g/mol. The Bertz CT molecular complexity index is 1240. The molecule has 1 saturated heterocycles. The number of hydrogen-bond acceptors (Lipinski definition) is 5. The number of halogens is 2. The molecule has 0 bridgehead atoms. The van der Waals surface area contributed by atoms with Gasteiger partial charge in [-0.1, -0.05) is 29.3 Å². The Morgan fingerprint density at radius 3 is 2.70 bits per heavy atom. The summed E-state index contributed by atoms with van der Waals surface area (Å²) in [5.74, 6) is 0.346. The highest BCUT2D eigenvalue weighted by Gasteiger charge is 2.34. The molecule has 6 nitrogen and oxygen atoms in total. The lowest BCUT2D eigenvalue weighted by atomic mass is 10.00. The first-order valence-corrected chi connectivity index (χ1v) is 14.0. The second kappa shape index (κ2) is 11.9. The highest BCUT2D eigenvalue weighted by molar-refractivity contribution is 7.10. The lowest BCUT2D eigenvalue weighted by Crippen LogP contribution is -2.49. The summed E-state index contributed by atoms with van der Waals surface area (Å²) in [6.07, 6.45) is 2.52. The van der Waals surface area contributed by atoms with Crippen molar-refractivity contribution >= 4 is 46.4 Å². The van der Waals surface area contributed by atoms with Crippen LogP contribution in [0.1, 0.15) is 39.7 Å². The van der Waals surface area contributed by atoms with Crippen LogP contribution in [0.25, 0.3) is 0 Å². The molecule has 2 aliphatic heterocycles. The molecule has 3 heterocycles. The Labute approximate surface area is 230 Å². The predicted molar refractivity (Wildman–Crippen MR) is 146 cm³/mol. The molecule has 0 radical (unpaired) electrons. The van der Waals surface area contributed by atoms with Crippen molar-refractivity contribution in [2.75, 3.05) is 32.8 Å². The predicted octanol–water partition coefficient (Wildman–Crippen LogP) is 5.88. The van der Waals surface area contributed by atoms with Crippen LogP contribution in [0.4, 0.5) is 0 Å². The maximum atomic E-state index is 13.8. The van der Waals surface area contributed by atoms with E-state index >= 15 is 0 Å². The molecule has 1 aromatic heterocycles. The summed E-state index contributed by atoms with van der Waals surface area (Å²) in [5, 5.41) is 3.17. The molecule has 9 heteroatoms. The SMILES string of the molecule is O=C(c1cccc(Cl)c1)N(CC(=O)N1CCc2sccc2[C@@H]1COc1ccc(Cl)cc1)C[C@@H]1CCCO1. The van der Waals surface area contributed by atoms with Crippen molar-refractivity contribution in [3.8, 4) is 5.75 Å². The fourth-order valence-electron chi connectivity index (χ4n) is 4.89. The summed E-state index contributed by atoms with van der Waals surface area (Å²) in [4.78, 5) is 32.0. The fraction of sp³-hybridized carbons (Fsp3) is 0.357. The minimum Gasteiger partial charge on any atom is -0.491 e. The number of carbonyl (C=O) groups excluding carboxylic acids is 2. The van der Waals surface area contributed by atoms with E-state index in [-0.39, 0.29) is 30.5 Å². The summed E-state index contributed by atoms with van der Waals surface area (Å²) < 4.78 is 11.9. The molecule has 5 rings (SSSR count). The average Bonchev–Trinajstić information content (AvgIpc) is 3.59. The van der Waals surface area contributed by atoms with E-state index in [1.165, 1.54) is 4.88 Å². The summed E-state index contributed by atoms with van der Waals surface area (Å²) in [7, 11) is 0. The van der Waals surface area contributed by atoms with Gasteiger partial charge in [0.15, 0.2) is 0 Å². The standard InChI is InChI=1S/C28H28Cl2N2O4S/c29-20-6-8-22(9-7-20)36-18-25-24-11-14-37-26(24)10-12-32(25)27(33)17-31(16-23-5-2-13-35-23)28(34)19-3-1-4-21(30)15-19/h1,3-4,6-9,11,14-15,23,25H,2,5,10,12-13,16-18H2/t23-,25-/m0/s1. The molecule has 2 atom stereocenters. The molecule has 0 unspecified atom stereocenters. The summed E-state index contributed by atoms with van der Waals surface area (Å²) in [5.41, 5.74) is 1.56. The van der Waals surface area contributed by atoms with E-state index in [1.807, 2.05) is 17.0 Å². The van der Waals surface area contributed by atoms with Crippen LogP contribution in [-0.4, -0.2) is 60.6 Å². The molecule has 2 amide bonds. The Balaban J connectivity index is 1.35. The van der Waals surface area contributed by atoms with Crippen molar-refractivity contribution in [2.45, 2.75) is 31.4 Å². The Kier molecular flexibility index (Phi) is 8.35. The molecule has 0 N–H and O–H groups in total. The first kappa shape index (κ1) is 26.0. The van der Waals surface area contributed by atoms with Gasteiger partial charge >= 0.3 is 0 Å². The fourth-order valence-corrected chi connectivity index (χ4v) is 6.14. The van der Waals surface area contributed by atoms with Crippen molar-refractivity contribution in [1.82, 2.24) is 9.80 Å². The van der Waals surface area contributed by atoms with Crippen molar-refractivity contribution in [3.63, 3.8) is 0 Å². The maximum Gasteiger partial charge on any atom is 0.254 e. The molecule has 0 aliphatic carbocycles. The molecule has 194 valence electrons. The first-order chi connectivity index (χ1) is 18.0. The molecule has 37 heavy (non-hydrogen) atoms. The largest absolute Gasteiger partial charge is 0.491 e. The van der Waals surface area contributed by atoms with E-state index in [2.05, 4.69) is 11.4 Å². The van der Waals surface area contributed by atoms with Gasteiger partial charge in [-0.25, -0.2) is 0 Å². The maximum absolute atomic E-state index is 13.8. The number of nitrogens with zero attached hydrogens (tertiary/aromatic N) is 2. The van der Waals surface area contributed by atoms with Gasteiger partial charge in [-0.05, 0) is 78.7 Å². The van der Waals surface area contributed by atoms with E-state index in [1.54, 1.807) is 52.6 Å². The zero-order valence-electron chi connectivity index (χ0n) is 20.3. The third kappa shape index (κ3) is 6.29. The van der Waals surface area contributed by atoms with Crippen LogP contribution < -0.4 is 4.74 Å². The smallest absolute Gasteiger partial charge is 0.254 e. The van der Waals surface area contributed by atoms with Crippen LogP contribution in [-0.2, 0) is 16.0 Å². The second-order valence-corrected chi connectivity index (χ2v) is 11.1. The minimum absolute atomic E-state index is 0.0396. The van der Waals surface area contributed by atoms with Crippen molar-refractivity contribution < 1.29 is 19.1 Å². The Morgan fingerprint density at radius 1 is 1.11 bits per heavy atom. The number of fused-ring (bicyclic) bond motifs is 1. The normalized spacial score (nSPS) is 18.9. The molecule has 1 fully saturated rings. The number of ether oxygens (including phenoxy) is 2. The van der Waals surface area contributed by atoms with Crippen molar-refractivity contribution in [1.29, 1.82) is 0 Å². The third-order valence-electron chi connectivity index (χ3n) is 6.77. The number of benzene rings is 2. The second-order valence-electron chi connectivity index (χ2n) is 9.25. The van der Waals surface area contributed by atoms with Gasteiger partial charge in [-0.3, -0.25) is 9.59 Å². The summed E-state index contributed by atoms with van der Waals surface area (Å²) in [6.45, 7) is 1.88. The van der Waals surface area contributed by atoms with Crippen LogP contribution in [0.3, 0.4) is 0 Å². The zero-order chi connectivity index (χ0) is 25.8. The van der Waals surface area contributed by atoms with Crippen LogP contribution in [0.2, 0.25) is 10.0 Å². The van der Waals surface area contributed by atoms with E-state index in [4.69, 9.17) is 32.7 Å². The van der Waals surface area contributed by atoms with Crippen molar-refractivity contribution in [3.05, 3.63) is 86.0 Å². The van der Waals surface area contributed by atoms with Crippen LogP contribution in [0.5, 0.6) is 5.75 Å². The average molecular weight is 560 g/mol. The quantitative estimate of drug-likeness (QED) is 0.346. The van der Waals surface area contributed by atoms with Gasteiger partial charge in [0.2, 0.25) is 5.91 Å². The van der Waals surface area contributed by atoms with Gasteiger partial charge in [-0.15, -0.1) is 11.3 Å². The molecule has 0 spiro atoms. The molecule has 3 aromatic rings. The Morgan fingerprint density at radius 2 is 1.95 bits per heavy atom. The number of amides is 2. The summed E-state index contributed by atoms with van der Waals surface area (Å²) >= 11 is 13.9. The third-order valence-corrected chi connectivity index (χ3v) is 8.25. The number of thiophene rings is 1. The lowest BCUT2D eigenvalue weighted by molar-refractivity contribution is -0.135. The van der Waals surface area contributed by atoms with Crippen LogP contribution >= 0.6 is 34.5 Å². The molecule has 2 aliphatic rings. The van der Waals surface area contributed by atoms with Crippen LogP contribution in [0, 0.1) is 0 Å². The summed E-state index contributed by atoms with van der Waals surface area (Å²) in [6, 6.07) is 15.8. The van der Waals surface area contributed by atoms with Crippen molar-refractivity contribution in [2.24, 2.45) is 0 Å².